The van der Waals surface area contributed by atoms with Gasteiger partial charge < -0.3 is 13.9 Å². The lowest BCUT2D eigenvalue weighted by Gasteiger charge is -2.10. The van der Waals surface area contributed by atoms with Crippen molar-refractivity contribution in [3.63, 3.8) is 0 Å². The third-order valence-corrected chi connectivity index (χ3v) is 5.59. The van der Waals surface area contributed by atoms with Crippen LogP contribution in [0, 0.1) is 12.7 Å². The molecule has 0 aliphatic carbocycles. The molecule has 6 nitrogen and oxygen atoms in total. The van der Waals surface area contributed by atoms with E-state index < -0.39 is 45.1 Å². The third-order valence-electron chi connectivity index (χ3n) is 4.16. The first-order chi connectivity index (χ1) is 13.4. The zero-order valence-corrected chi connectivity index (χ0v) is 15.5. The second kappa shape index (κ2) is 7.07. The number of benzene rings is 2. The molecule has 1 N–H and O–H groups in total. The van der Waals surface area contributed by atoms with Gasteiger partial charge in [0.05, 0.1) is 11.1 Å². The van der Waals surface area contributed by atoms with Crippen LogP contribution in [0.3, 0.4) is 0 Å². The maximum Gasteiger partial charge on any atom is 0.416 e. The standard InChI is InChI=1S/C18H13F4NO5S/c1-10-17(14-8-12(19)4-7-15(14)23(10)9-16(24)25)29(26,27)28-13-5-2-11(3-6-13)18(20,21)22/h2-8H,9H2,1H3,(H,24,25). The molecule has 0 aliphatic heterocycles. The molecule has 1 aromatic heterocycles. The Hall–Kier alpha value is -3.08. The molecule has 0 radical (unpaired) electrons. The van der Waals surface area contributed by atoms with Gasteiger partial charge in [-0.1, -0.05) is 0 Å². The Bertz CT molecular complexity index is 1200. The summed E-state index contributed by atoms with van der Waals surface area (Å²) in [6.45, 7) is 0.744. The number of carboxylic acids is 1. The van der Waals surface area contributed by atoms with Gasteiger partial charge in [0.2, 0.25) is 0 Å². The number of halogens is 4. The summed E-state index contributed by atoms with van der Waals surface area (Å²) in [7, 11) is -4.61. The molecule has 0 bridgehead atoms. The van der Waals surface area contributed by atoms with Crippen LogP contribution in [-0.4, -0.2) is 24.1 Å². The molecule has 2 aromatic carbocycles. The van der Waals surface area contributed by atoms with E-state index in [0.717, 1.165) is 24.3 Å². The van der Waals surface area contributed by atoms with Gasteiger partial charge >= 0.3 is 22.3 Å². The molecule has 0 fully saturated rings. The number of rotatable bonds is 5. The van der Waals surface area contributed by atoms with E-state index in [1.807, 2.05) is 0 Å². The van der Waals surface area contributed by atoms with Crippen molar-refractivity contribution in [1.82, 2.24) is 4.57 Å². The molecule has 0 aliphatic rings. The van der Waals surface area contributed by atoms with Crippen LogP contribution in [0.15, 0.2) is 47.4 Å². The van der Waals surface area contributed by atoms with Gasteiger partial charge in [-0.25, -0.2) is 4.39 Å². The summed E-state index contributed by atoms with van der Waals surface area (Å²) in [6, 6.07) is 6.20. The Morgan fingerprint density at radius 3 is 2.31 bits per heavy atom. The molecule has 11 heteroatoms. The van der Waals surface area contributed by atoms with Crippen LogP contribution in [0.2, 0.25) is 0 Å². The summed E-state index contributed by atoms with van der Waals surface area (Å²) in [5.74, 6) is -2.38. The van der Waals surface area contributed by atoms with E-state index in [1.165, 1.54) is 17.6 Å². The van der Waals surface area contributed by atoms with Crippen LogP contribution in [0.1, 0.15) is 11.3 Å². The lowest BCUT2D eigenvalue weighted by molar-refractivity contribution is -0.138. The number of aliphatic carboxylic acids is 1. The first-order valence-electron chi connectivity index (χ1n) is 8.02. The number of hydrogen-bond acceptors (Lipinski definition) is 4. The molecule has 29 heavy (non-hydrogen) atoms. The van der Waals surface area contributed by atoms with Gasteiger partial charge in [0.25, 0.3) is 0 Å². The molecule has 3 rings (SSSR count). The number of aromatic nitrogens is 1. The predicted octanol–water partition coefficient (Wildman–Crippen LogP) is 3.96. The van der Waals surface area contributed by atoms with Crippen LogP contribution in [0.4, 0.5) is 17.6 Å². The lowest BCUT2D eigenvalue weighted by atomic mass is 10.2. The number of carboxylic acid groups (broad SMARTS) is 1. The summed E-state index contributed by atoms with van der Waals surface area (Å²) in [5.41, 5.74) is -0.848. The van der Waals surface area contributed by atoms with Crippen molar-refractivity contribution >= 4 is 27.0 Å². The van der Waals surface area contributed by atoms with Crippen LogP contribution in [0.5, 0.6) is 5.75 Å². The van der Waals surface area contributed by atoms with Crippen molar-refractivity contribution in [2.24, 2.45) is 0 Å². The Kier molecular flexibility index (Phi) is 5.03. The third kappa shape index (κ3) is 4.04. The SMILES string of the molecule is Cc1c(S(=O)(=O)Oc2ccc(C(F)(F)F)cc2)c2cc(F)ccc2n1CC(=O)O. The van der Waals surface area contributed by atoms with Gasteiger partial charge in [-0.3, -0.25) is 4.79 Å². The van der Waals surface area contributed by atoms with E-state index in [-0.39, 0.29) is 22.3 Å². The molecule has 0 saturated carbocycles. The number of fused-ring (bicyclic) bond motifs is 1. The van der Waals surface area contributed by atoms with Crippen molar-refractivity contribution in [1.29, 1.82) is 0 Å². The van der Waals surface area contributed by atoms with Gasteiger partial charge in [-0.2, -0.15) is 21.6 Å². The van der Waals surface area contributed by atoms with E-state index in [1.54, 1.807) is 0 Å². The molecule has 0 saturated heterocycles. The number of nitrogens with zero attached hydrogens (tertiary/aromatic N) is 1. The second-order valence-corrected chi connectivity index (χ2v) is 7.60. The summed E-state index contributed by atoms with van der Waals surface area (Å²) in [6.07, 6.45) is -4.60. The highest BCUT2D eigenvalue weighted by Crippen LogP contribution is 2.34. The summed E-state index contributed by atoms with van der Waals surface area (Å²) in [5, 5.41) is 8.98. The lowest BCUT2D eigenvalue weighted by Crippen LogP contribution is -2.14. The van der Waals surface area contributed by atoms with Gasteiger partial charge in [0, 0.05) is 11.1 Å². The van der Waals surface area contributed by atoms with E-state index in [9.17, 15) is 30.8 Å². The minimum atomic E-state index is -4.61. The van der Waals surface area contributed by atoms with E-state index in [4.69, 9.17) is 9.29 Å². The Morgan fingerprint density at radius 1 is 1.14 bits per heavy atom. The van der Waals surface area contributed by atoms with Crippen molar-refractivity contribution in [3.8, 4) is 5.75 Å². The fourth-order valence-electron chi connectivity index (χ4n) is 2.95. The molecule has 3 aromatic rings. The summed E-state index contributed by atoms with van der Waals surface area (Å²) < 4.78 is 83.4. The van der Waals surface area contributed by atoms with Crippen molar-refractivity contribution in [2.75, 3.05) is 0 Å². The Labute approximate surface area is 162 Å². The minimum Gasteiger partial charge on any atom is -0.480 e. The van der Waals surface area contributed by atoms with Gasteiger partial charge in [0.15, 0.2) is 0 Å². The molecule has 154 valence electrons. The van der Waals surface area contributed by atoms with E-state index in [2.05, 4.69) is 0 Å². The Balaban J connectivity index is 2.10. The highest BCUT2D eigenvalue weighted by Gasteiger charge is 2.31. The van der Waals surface area contributed by atoms with Crippen LogP contribution >= 0.6 is 0 Å². The Morgan fingerprint density at radius 2 is 1.76 bits per heavy atom. The highest BCUT2D eigenvalue weighted by atomic mass is 32.2. The molecule has 0 amide bonds. The fourth-order valence-corrected chi connectivity index (χ4v) is 4.30. The molecule has 0 atom stereocenters. The number of hydrogen-bond donors (Lipinski definition) is 1. The van der Waals surface area contributed by atoms with Crippen molar-refractivity contribution in [3.05, 3.63) is 59.5 Å². The predicted molar refractivity (Wildman–Crippen MR) is 93.5 cm³/mol. The number of alkyl halides is 3. The van der Waals surface area contributed by atoms with Crippen molar-refractivity contribution < 1.29 is 40.1 Å². The highest BCUT2D eigenvalue weighted by molar-refractivity contribution is 7.87. The maximum absolute atomic E-state index is 13.7. The fraction of sp³-hybridized carbons (Fsp3) is 0.167. The van der Waals surface area contributed by atoms with Crippen molar-refractivity contribution in [2.45, 2.75) is 24.5 Å². The normalized spacial score (nSPS) is 12.3. The smallest absolute Gasteiger partial charge is 0.416 e. The van der Waals surface area contributed by atoms with Gasteiger partial charge in [-0.05, 0) is 49.4 Å². The summed E-state index contributed by atoms with van der Waals surface area (Å²) >= 11 is 0. The van der Waals surface area contributed by atoms with Crippen LogP contribution in [-0.2, 0) is 27.6 Å². The molecular formula is C18H13F4NO5S. The molecule has 0 unspecified atom stereocenters. The van der Waals surface area contributed by atoms with Crippen LogP contribution < -0.4 is 4.18 Å². The second-order valence-electron chi connectivity index (χ2n) is 6.12. The first kappa shape index (κ1) is 20.6. The monoisotopic (exact) mass is 431 g/mol. The average Bonchev–Trinajstić information content (AvgIpc) is 2.85. The van der Waals surface area contributed by atoms with Gasteiger partial charge in [-0.15, -0.1) is 0 Å². The maximum atomic E-state index is 13.7. The average molecular weight is 431 g/mol. The summed E-state index contributed by atoms with van der Waals surface area (Å²) in [4.78, 5) is 10.7. The molecular weight excluding hydrogens is 418 g/mol. The topological polar surface area (TPSA) is 85.6 Å². The van der Waals surface area contributed by atoms with E-state index in [0.29, 0.717) is 12.1 Å². The zero-order valence-electron chi connectivity index (χ0n) is 14.7. The molecule has 0 spiro atoms. The number of carbonyl (C=O) groups is 1. The molecule has 1 heterocycles. The van der Waals surface area contributed by atoms with Gasteiger partial charge in [0.1, 0.15) is 23.0 Å². The van der Waals surface area contributed by atoms with E-state index >= 15 is 0 Å². The first-order valence-corrected chi connectivity index (χ1v) is 9.43. The quantitative estimate of drug-likeness (QED) is 0.488. The largest absolute Gasteiger partial charge is 0.480 e. The zero-order chi connectivity index (χ0) is 21.6. The van der Waals surface area contributed by atoms with Crippen LogP contribution in [0.25, 0.3) is 10.9 Å². The minimum absolute atomic E-state index is 0.0140.